The lowest BCUT2D eigenvalue weighted by atomic mass is 10.2. The molecule has 0 aromatic carbocycles. The highest BCUT2D eigenvalue weighted by molar-refractivity contribution is 5.97. The Morgan fingerprint density at radius 1 is 1.41 bits per heavy atom. The van der Waals surface area contributed by atoms with Gasteiger partial charge in [0, 0.05) is 19.2 Å². The van der Waals surface area contributed by atoms with E-state index in [1.54, 1.807) is 6.20 Å². The minimum absolute atomic E-state index is 0.332. The molecule has 2 aromatic rings. The standard InChI is InChI=1S/C12H12N4O/c13-12(17)10-11(8-4-1-2-6-14-8)16-7-3-5-9(16)15-10/h1-2,4,6H,3,5,7H2,(H2,13,17). The van der Waals surface area contributed by atoms with Crippen LogP contribution in [0.25, 0.3) is 11.4 Å². The summed E-state index contributed by atoms with van der Waals surface area (Å²) < 4.78 is 2.04. The van der Waals surface area contributed by atoms with Crippen LogP contribution in [-0.4, -0.2) is 20.4 Å². The van der Waals surface area contributed by atoms with E-state index in [4.69, 9.17) is 5.73 Å². The summed E-state index contributed by atoms with van der Waals surface area (Å²) >= 11 is 0. The van der Waals surface area contributed by atoms with E-state index in [2.05, 4.69) is 9.97 Å². The van der Waals surface area contributed by atoms with Gasteiger partial charge in [0.15, 0.2) is 5.69 Å². The van der Waals surface area contributed by atoms with E-state index in [1.807, 2.05) is 22.8 Å². The van der Waals surface area contributed by atoms with Crippen molar-refractivity contribution in [3.8, 4) is 11.4 Å². The zero-order chi connectivity index (χ0) is 11.8. The van der Waals surface area contributed by atoms with Crippen LogP contribution in [0, 0.1) is 0 Å². The van der Waals surface area contributed by atoms with E-state index in [9.17, 15) is 4.79 Å². The first kappa shape index (κ1) is 10.0. The van der Waals surface area contributed by atoms with Gasteiger partial charge in [-0.2, -0.15) is 0 Å². The number of pyridine rings is 1. The number of carbonyl (C=O) groups is 1. The Morgan fingerprint density at radius 3 is 3.00 bits per heavy atom. The van der Waals surface area contributed by atoms with Crippen LogP contribution in [0.3, 0.4) is 0 Å². The maximum atomic E-state index is 11.4. The molecule has 0 unspecified atom stereocenters. The average molecular weight is 228 g/mol. The Balaban J connectivity index is 2.24. The van der Waals surface area contributed by atoms with E-state index in [0.717, 1.165) is 36.6 Å². The van der Waals surface area contributed by atoms with Gasteiger partial charge in [0.2, 0.25) is 0 Å². The second kappa shape index (κ2) is 3.69. The third kappa shape index (κ3) is 1.51. The number of carbonyl (C=O) groups excluding carboxylic acids is 1. The number of aromatic nitrogens is 3. The second-order valence-corrected chi connectivity index (χ2v) is 4.06. The monoisotopic (exact) mass is 228 g/mol. The number of hydrogen-bond donors (Lipinski definition) is 1. The van der Waals surface area contributed by atoms with Gasteiger partial charge in [-0.3, -0.25) is 9.78 Å². The Morgan fingerprint density at radius 2 is 2.29 bits per heavy atom. The van der Waals surface area contributed by atoms with Crippen molar-refractivity contribution in [3.63, 3.8) is 0 Å². The zero-order valence-corrected chi connectivity index (χ0v) is 9.26. The first-order chi connectivity index (χ1) is 8.27. The molecule has 1 amide bonds. The molecule has 0 saturated carbocycles. The van der Waals surface area contributed by atoms with E-state index in [-0.39, 0.29) is 0 Å². The van der Waals surface area contributed by atoms with Crippen molar-refractivity contribution in [3.05, 3.63) is 35.9 Å². The molecule has 0 radical (unpaired) electrons. The lowest BCUT2D eigenvalue weighted by Gasteiger charge is -2.05. The molecule has 17 heavy (non-hydrogen) atoms. The fraction of sp³-hybridized carbons (Fsp3) is 0.250. The van der Waals surface area contributed by atoms with Crippen molar-refractivity contribution in [2.24, 2.45) is 5.73 Å². The summed E-state index contributed by atoms with van der Waals surface area (Å²) in [5.74, 6) is 0.437. The molecular formula is C12H12N4O. The zero-order valence-electron chi connectivity index (χ0n) is 9.26. The highest BCUT2D eigenvalue weighted by atomic mass is 16.1. The SMILES string of the molecule is NC(=O)c1nc2n(c1-c1ccccn1)CCC2. The number of rotatable bonds is 2. The summed E-state index contributed by atoms with van der Waals surface area (Å²) in [6.07, 6.45) is 3.66. The van der Waals surface area contributed by atoms with Gasteiger partial charge in [-0.25, -0.2) is 4.98 Å². The summed E-state index contributed by atoms with van der Waals surface area (Å²) in [5.41, 5.74) is 7.21. The average Bonchev–Trinajstić information content (AvgIpc) is 2.89. The molecule has 3 heterocycles. The fourth-order valence-electron chi connectivity index (χ4n) is 2.26. The molecular weight excluding hydrogens is 216 g/mol. The van der Waals surface area contributed by atoms with Gasteiger partial charge in [0.25, 0.3) is 5.91 Å². The van der Waals surface area contributed by atoms with Crippen LogP contribution < -0.4 is 5.73 Å². The summed E-state index contributed by atoms with van der Waals surface area (Å²) in [7, 11) is 0. The number of nitrogens with two attached hydrogens (primary N) is 1. The Hall–Kier alpha value is -2.17. The third-order valence-electron chi connectivity index (χ3n) is 2.97. The number of imidazole rings is 1. The predicted octanol–water partition coefficient (Wildman–Crippen LogP) is 0.990. The highest BCUT2D eigenvalue weighted by Crippen LogP contribution is 2.27. The number of amides is 1. The van der Waals surface area contributed by atoms with Crippen LogP contribution in [0.15, 0.2) is 24.4 Å². The number of hydrogen-bond acceptors (Lipinski definition) is 3. The van der Waals surface area contributed by atoms with Gasteiger partial charge in [-0.15, -0.1) is 0 Å². The van der Waals surface area contributed by atoms with Gasteiger partial charge < -0.3 is 10.3 Å². The molecule has 86 valence electrons. The van der Waals surface area contributed by atoms with Crippen molar-refractivity contribution in [1.82, 2.24) is 14.5 Å². The minimum Gasteiger partial charge on any atom is -0.364 e. The van der Waals surface area contributed by atoms with Crippen LogP contribution in [-0.2, 0) is 13.0 Å². The number of nitrogens with zero attached hydrogens (tertiary/aromatic N) is 3. The first-order valence-electron chi connectivity index (χ1n) is 5.58. The number of aryl methyl sites for hydroxylation is 1. The van der Waals surface area contributed by atoms with Gasteiger partial charge in [0.1, 0.15) is 5.82 Å². The van der Waals surface area contributed by atoms with Crippen molar-refractivity contribution in [1.29, 1.82) is 0 Å². The van der Waals surface area contributed by atoms with Gasteiger partial charge in [-0.1, -0.05) is 6.07 Å². The van der Waals surface area contributed by atoms with Crippen LogP contribution in [0.1, 0.15) is 22.7 Å². The lowest BCUT2D eigenvalue weighted by Crippen LogP contribution is -2.14. The molecule has 0 saturated heterocycles. The molecule has 1 aliphatic rings. The smallest absolute Gasteiger partial charge is 0.269 e. The Labute approximate surface area is 98.3 Å². The molecule has 2 aromatic heterocycles. The Bertz CT molecular complexity index is 574. The van der Waals surface area contributed by atoms with Crippen molar-refractivity contribution < 1.29 is 4.79 Å². The summed E-state index contributed by atoms with van der Waals surface area (Å²) in [4.78, 5) is 20.0. The lowest BCUT2D eigenvalue weighted by molar-refractivity contribution is 0.0996. The summed E-state index contributed by atoms with van der Waals surface area (Å²) in [6, 6.07) is 5.60. The van der Waals surface area contributed by atoms with Crippen molar-refractivity contribution in [2.75, 3.05) is 0 Å². The molecule has 0 bridgehead atoms. The van der Waals surface area contributed by atoms with Crippen LogP contribution in [0.4, 0.5) is 0 Å². The summed E-state index contributed by atoms with van der Waals surface area (Å²) in [5, 5.41) is 0. The third-order valence-corrected chi connectivity index (χ3v) is 2.97. The molecule has 5 nitrogen and oxygen atoms in total. The molecule has 3 rings (SSSR count). The summed E-state index contributed by atoms with van der Waals surface area (Å²) in [6.45, 7) is 0.877. The Kier molecular flexibility index (Phi) is 2.18. The molecule has 0 aliphatic carbocycles. The van der Waals surface area contributed by atoms with Crippen LogP contribution in [0.2, 0.25) is 0 Å². The molecule has 2 N–H and O–H groups in total. The van der Waals surface area contributed by atoms with Crippen LogP contribution >= 0.6 is 0 Å². The van der Waals surface area contributed by atoms with Crippen LogP contribution in [0.5, 0.6) is 0 Å². The van der Waals surface area contributed by atoms with E-state index >= 15 is 0 Å². The molecule has 0 atom stereocenters. The normalized spacial score (nSPS) is 13.6. The maximum absolute atomic E-state index is 11.4. The minimum atomic E-state index is -0.493. The fourth-order valence-corrected chi connectivity index (χ4v) is 2.26. The topological polar surface area (TPSA) is 73.8 Å². The number of fused-ring (bicyclic) bond motifs is 1. The predicted molar refractivity (Wildman–Crippen MR) is 62.3 cm³/mol. The van der Waals surface area contributed by atoms with E-state index in [0.29, 0.717) is 5.69 Å². The van der Waals surface area contributed by atoms with E-state index < -0.39 is 5.91 Å². The number of primary amides is 1. The van der Waals surface area contributed by atoms with Gasteiger partial charge >= 0.3 is 0 Å². The quantitative estimate of drug-likeness (QED) is 0.833. The molecule has 1 aliphatic heterocycles. The van der Waals surface area contributed by atoms with Crippen molar-refractivity contribution in [2.45, 2.75) is 19.4 Å². The molecule has 0 spiro atoms. The second-order valence-electron chi connectivity index (χ2n) is 4.06. The largest absolute Gasteiger partial charge is 0.364 e. The van der Waals surface area contributed by atoms with E-state index in [1.165, 1.54) is 0 Å². The highest BCUT2D eigenvalue weighted by Gasteiger charge is 2.25. The maximum Gasteiger partial charge on any atom is 0.269 e. The van der Waals surface area contributed by atoms with Gasteiger partial charge in [0.05, 0.1) is 11.4 Å². The van der Waals surface area contributed by atoms with Gasteiger partial charge in [-0.05, 0) is 18.6 Å². The first-order valence-corrected chi connectivity index (χ1v) is 5.58. The van der Waals surface area contributed by atoms with Crippen molar-refractivity contribution >= 4 is 5.91 Å². The molecule has 0 fully saturated rings. The molecule has 5 heteroatoms.